The Morgan fingerprint density at radius 3 is 2.50 bits per heavy atom. The first kappa shape index (κ1) is 13.6. The van der Waals surface area contributed by atoms with E-state index < -0.39 is 0 Å². The van der Waals surface area contributed by atoms with Gasteiger partial charge < -0.3 is 9.80 Å². The van der Waals surface area contributed by atoms with E-state index in [4.69, 9.17) is 11.6 Å². The maximum Gasteiger partial charge on any atom is 0.225 e. The van der Waals surface area contributed by atoms with Gasteiger partial charge >= 0.3 is 0 Å². The van der Waals surface area contributed by atoms with E-state index in [-0.39, 0.29) is 0 Å². The fraction of sp³-hybridized carbons (Fsp3) is 0.692. The van der Waals surface area contributed by atoms with Crippen molar-refractivity contribution in [2.75, 3.05) is 38.6 Å². The molecule has 0 aliphatic carbocycles. The topological polar surface area (TPSA) is 32.3 Å². The zero-order valence-electron chi connectivity index (χ0n) is 11.1. The molecule has 0 N–H and O–H groups in total. The fourth-order valence-corrected chi connectivity index (χ4v) is 2.47. The second kappa shape index (κ2) is 6.34. The van der Waals surface area contributed by atoms with Crippen molar-refractivity contribution < 1.29 is 0 Å². The van der Waals surface area contributed by atoms with Gasteiger partial charge in [-0.25, -0.2) is 9.97 Å². The summed E-state index contributed by atoms with van der Waals surface area (Å²) in [6, 6.07) is 0. The van der Waals surface area contributed by atoms with Crippen molar-refractivity contribution in [3.05, 3.63) is 18.0 Å². The van der Waals surface area contributed by atoms with Crippen LogP contribution in [-0.4, -0.2) is 48.6 Å². The molecule has 0 saturated carbocycles. The van der Waals surface area contributed by atoms with Gasteiger partial charge in [0.05, 0.1) is 5.88 Å². The van der Waals surface area contributed by atoms with Gasteiger partial charge in [-0.3, -0.25) is 0 Å². The summed E-state index contributed by atoms with van der Waals surface area (Å²) in [6.45, 7) is 3.43. The predicted octanol–water partition coefficient (Wildman–Crippen LogP) is 1.99. The van der Waals surface area contributed by atoms with Crippen molar-refractivity contribution in [1.82, 2.24) is 14.9 Å². The molecular formula is C13H21ClN4. The van der Waals surface area contributed by atoms with Crippen molar-refractivity contribution in [3.8, 4) is 0 Å². The Morgan fingerprint density at radius 2 is 1.94 bits per heavy atom. The SMILES string of the molecule is CN1CCC(CN(C)c2ncc(CCl)cn2)CC1. The highest BCUT2D eigenvalue weighted by atomic mass is 35.5. The van der Waals surface area contributed by atoms with Crippen LogP contribution in [0.4, 0.5) is 5.95 Å². The number of hydrogen-bond acceptors (Lipinski definition) is 4. The molecule has 1 aromatic heterocycles. The molecule has 1 aliphatic heterocycles. The average molecular weight is 269 g/mol. The van der Waals surface area contributed by atoms with Gasteiger partial charge in [0.15, 0.2) is 0 Å². The molecular weight excluding hydrogens is 248 g/mol. The van der Waals surface area contributed by atoms with Gasteiger partial charge in [0.2, 0.25) is 5.95 Å². The lowest BCUT2D eigenvalue weighted by Gasteiger charge is -2.31. The van der Waals surface area contributed by atoms with Crippen LogP contribution in [0.5, 0.6) is 0 Å². The molecule has 2 heterocycles. The molecule has 1 fully saturated rings. The molecule has 0 spiro atoms. The molecule has 0 radical (unpaired) electrons. The van der Waals surface area contributed by atoms with Crippen LogP contribution in [0.15, 0.2) is 12.4 Å². The Labute approximate surface area is 114 Å². The van der Waals surface area contributed by atoms with Crippen LogP contribution < -0.4 is 4.90 Å². The summed E-state index contributed by atoms with van der Waals surface area (Å²) in [5.74, 6) is 2.02. The van der Waals surface area contributed by atoms with Crippen molar-refractivity contribution in [2.24, 2.45) is 5.92 Å². The van der Waals surface area contributed by atoms with E-state index in [1.54, 1.807) is 12.4 Å². The lowest BCUT2D eigenvalue weighted by Crippen LogP contribution is -2.36. The van der Waals surface area contributed by atoms with E-state index in [1.165, 1.54) is 25.9 Å². The largest absolute Gasteiger partial charge is 0.344 e. The van der Waals surface area contributed by atoms with Gasteiger partial charge in [-0.2, -0.15) is 0 Å². The van der Waals surface area contributed by atoms with E-state index in [2.05, 4.69) is 33.9 Å². The summed E-state index contributed by atoms with van der Waals surface area (Å²) in [4.78, 5) is 13.2. The first-order valence-corrected chi connectivity index (χ1v) is 6.99. The number of piperidine rings is 1. The minimum atomic E-state index is 0.471. The third-order valence-electron chi connectivity index (χ3n) is 3.56. The Morgan fingerprint density at radius 1 is 1.33 bits per heavy atom. The number of halogens is 1. The number of rotatable bonds is 4. The first-order valence-electron chi connectivity index (χ1n) is 6.45. The monoisotopic (exact) mass is 268 g/mol. The van der Waals surface area contributed by atoms with E-state index in [0.717, 1.165) is 24.0 Å². The second-order valence-electron chi connectivity index (χ2n) is 5.15. The average Bonchev–Trinajstić information content (AvgIpc) is 2.41. The Kier molecular flexibility index (Phi) is 4.78. The second-order valence-corrected chi connectivity index (χ2v) is 5.42. The first-order chi connectivity index (χ1) is 8.69. The highest BCUT2D eigenvalue weighted by Gasteiger charge is 2.19. The molecule has 1 aliphatic rings. The highest BCUT2D eigenvalue weighted by molar-refractivity contribution is 6.17. The van der Waals surface area contributed by atoms with Crippen LogP contribution in [0.2, 0.25) is 0 Å². The standard InChI is InChI=1S/C13H21ClN4/c1-17-5-3-11(4-6-17)10-18(2)13-15-8-12(7-14)9-16-13/h8-9,11H,3-7,10H2,1-2H3. The number of nitrogens with zero attached hydrogens (tertiary/aromatic N) is 4. The van der Waals surface area contributed by atoms with Crippen molar-refractivity contribution >= 4 is 17.5 Å². The number of alkyl halides is 1. The molecule has 1 aromatic rings. The van der Waals surface area contributed by atoms with Gasteiger partial charge in [-0.1, -0.05) is 0 Å². The minimum absolute atomic E-state index is 0.471. The molecule has 100 valence electrons. The van der Waals surface area contributed by atoms with E-state index in [9.17, 15) is 0 Å². The quantitative estimate of drug-likeness (QED) is 0.782. The highest BCUT2D eigenvalue weighted by Crippen LogP contribution is 2.18. The molecule has 0 amide bonds. The summed E-state index contributed by atoms with van der Waals surface area (Å²) >= 11 is 5.73. The summed E-state index contributed by atoms with van der Waals surface area (Å²) < 4.78 is 0. The number of anilines is 1. The van der Waals surface area contributed by atoms with Crippen LogP contribution in [0.3, 0.4) is 0 Å². The summed E-state index contributed by atoms with van der Waals surface area (Å²) in [6.07, 6.45) is 6.14. The molecule has 1 saturated heterocycles. The van der Waals surface area contributed by atoms with Gasteiger partial charge in [-0.15, -0.1) is 11.6 Å². The summed E-state index contributed by atoms with van der Waals surface area (Å²) in [5.41, 5.74) is 0.966. The molecule has 2 rings (SSSR count). The van der Waals surface area contributed by atoms with Crippen LogP contribution in [-0.2, 0) is 5.88 Å². The Hall–Kier alpha value is -0.870. The molecule has 5 heteroatoms. The van der Waals surface area contributed by atoms with E-state index in [1.807, 2.05) is 0 Å². The number of aromatic nitrogens is 2. The van der Waals surface area contributed by atoms with Gasteiger partial charge in [0.1, 0.15) is 0 Å². The van der Waals surface area contributed by atoms with Crippen molar-refractivity contribution in [3.63, 3.8) is 0 Å². The lowest BCUT2D eigenvalue weighted by molar-refractivity contribution is 0.222. The maximum absolute atomic E-state index is 5.73. The normalized spacial score (nSPS) is 17.9. The third kappa shape index (κ3) is 3.56. The van der Waals surface area contributed by atoms with Gasteiger partial charge in [-0.05, 0) is 38.9 Å². The zero-order valence-corrected chi connectivity index (χ0v) is 11.9. The van der Waals surface area contributed by atoms with Crippen molar-refractivity contribution in [1.29, 1.82) is 0 Å². The third-order valence-corrected chi connectivity index (χ3v) is 3.87. The summed E-state index contributed by atoms with van der Waals surface area (Å²) in [7, 11) is 4.25. The maximum atomic E-state index is 5.73. The van der Waals surface area contributed by atoms with Crippen LogP contribution in [0.1, 0.15) is 18.4 Å². The van der Waals surface area contributed by atoms with Crippen molar-refractivity contribution in [2.45, 2.75) is 18.7 Å². The minimum Gasteiger partial charge on any atom is -0.344 e. The molecule has 4 nitrogen and oxygen atoms in total. The summed E-state index contributed by atoms with van der Waals surface area (Å²) in [5, 5.41) is 0. The molecule has 0 bridgehead atoms. The van der Waals surface area contributed by atoms with Crippen LogP contribution in [0, 0.1) is 5.92 Å². The molecule has 0 aromatic carbocycles. The predicted molar refractivity (Wildman–Crippen MR) is 75.1 cm³/mol. The van der Waals surface area contributed by atoms with E-state index >= 15 is 0 Å². The molecule has 0 unspecified atom stereocenters. The van der Waals surface area contributed by atoms with Gasteiger partial charge in [0, 0.05) is 31.5 Å². The Bertz CT molecular complexity index is 360. The van der Waals surface area contributed by atoms with Gasteiger partial charge in [0.25, 0.3) is 0 Å². The van der Waals surface area contributed by atoms with Crippen LogP contribution in [0.25, 0.3) is 0 Å². The molecule has 0 atom stereocenters. The number of likely N-dealkylation sites (tertiary alicyclic amines) is 1. The zero-order chi connectivity index (χ0) is 13.0. The Balaban J connectivity index is 1.88. The smallest absolute Gasteiger partial charge is 0.225 e. The van der Waals surface area contributed by atoms with E-state index in [0.29, 0.717) is 5.88 Å². The fourth-order valence-electron chi connectivity index (χ4n) is 2.33. The lowest BCUT2D eigenvalue weighted by atomic mass is 9.97. The number of hydrogen-bond donors (Lipinski definition) is 0. The van der Waals surface area contributed by atoms with Crippen LogP contribution >= 0.6 is 11.6 Å². The molecule has 18 heavy (non-hydrogen) atoms.